The lowest BCUT2D eigenvalue weighted by Gasteiger charge is -2.29. The topological polar surface area (TPSA) is 49.4 Å². The molecule has 0 saturated carbocycles. The second-order valence-electron chi connectivity index (χ2n) is 8.03. The van der Waals surface area contributed by atoms with Gasteiger partial charge in [0.1, 0.15) is 5.75 Å². The number of aromatic nitrogens is 1. The molecule has 0 bridgehead atoms. The SMILES string of the molecule is FC(F)(F)c1ccc(OCCC2CC(C3CCCN3Cc3cccnc3)NN2)cc1. The Morgan fingerprint density at radius 1 is 1.13 bits per heavy atom. The summed E-state index contributed by atoms with van der Waals surface area (Å²) in [5, 5.41) is 0. The second kappa shape index (κ2) is 9.32. The first-order valence-corrected chi connectivity index (χ1v) is 10.4. The lowest BCUT2D eigenvalue weighted by molar-refractivity contribution is -0.137. The Kier molecular flexibility index (Phi) is 6.55. The molecule has 2 saturated heterocycles. The van der Waals surface area contributed by atoms with Crippen LogP contribution in [0.1, 0.15) is 36.8 Å². The average Bonchev–Trinajstić information content (AvgIpc) is 3.38. The van der Waals surface area contributed by atoms with Gasteiger partial charge in [0, 0.05) is 37.1 Å². The van der Waals surface area contributed by atoms with E-state index in [1.54, 1.807) is 6.20 Å². The third-order valence-electron chi connectivity index (χ3n) is 5.92. The van der Waals surface area contributed by atoms with Gasteiger partial charge in [0.15, 0.2) is 0 Å². The predicted molar refractivity (Wildman–Crippen MR) is 108 cm³/mol. The summed E-state index contributed by atoms with van der Waals surface area (Å²) in [6, 6.07) is 10.1. The number of nitrogens with one attached hydrogen (secondary N) is 2. The molecule has 1 aromatic heterocycles. The Bertz CT molecular complexity index is 800. The molecule has 4 rings (SSSR count). The summed E-state index contributed by atoms with van der Waals surface area (Å²) in [6.45, 7) is 2.47. The zero-order chi connectivity index (χ0) is 21.0. The van der Waals surface area contributed by atoms with Crippen molar-refractivity contribution in [3.63, 3.8) is 0 Å². The highest BCUT2D eigenvalue weighted by atomic mass is 19.4. The fraction of sp³-hybridized carbons (Fsp3) is 0.500. The Balaban J connectivity index is 1.22. The summed E-state index contributed by atoms with van der Waals surface area (Å²) in [5.74, 6) is 0.462. The number of benzene rings is 1. The smallest absolute Gasteiger partial charge is 0.416 e. The van der Waals surface area contributed by atoms with E-state index in [9.17, 15) is 13.2 Å². The maximum Gasteiger partial charge on any atom is 0.416 e. The van der Waals surface area contributed by atoms with E-state index >= 15 is 0 Å². The fourth-order valence-corrected chi connectivity index (χ4v) is 4.38. The number of halogens is 3. The number of alkyl halides is 3. The van der Waals surface area contributed by atoms with Crippen molar-refractivity contribution < 1.29 is 17.9 Å². The van der Waals surface area contributed by atoms with Crippen LogP contribution in [-0.2, 0) is 12.7 Å². The highest BCUT2D eigenvalue weighted by Gasteiger charge is 2.36. The standard InChI is InChI=1S/C22H27F3N4O/c23-22(24,25)17-5-7-19(8-6-17)30-12-9-18-13-20(28-27-18)21-4-2-11-29(21)15-16-3-1-10-26-14-16/h1,3,5-8,10,14,18,20-21,27-28H,2,4,9,11-13,15H2. The first-order valence-electron chi connectivity index (χ1n) is 10.4. The van der Waals surface area contributed by atoms with Crippen molar-refractivity contribution in [1.29, 1.82) is 0 Å². The van der Waals surface area contributed by atoms with E-state index in [1.165, 1.54) is 30.5 Å². The molecule has 2 N–H and O–H groups in total. The van der Waals surface area contributed by atoms with Crippen molar-refractivity contribution in [2.45, 2.75) is 56.5 Å². The van der Waals surface area contributed by atoms with Crippen molar-refractivity contribution >= 4 is 0 Å². The van der Waals surface area contributed by atoms with Crippen molar-refractivity contribution in [2.75, 3.05) is 13.2 Å². The van der Waals surface area contributed by atoms with Gasteiger partial charge >= 0.3 is 6.18 Å². The summed E-state index contributed by atoms with van der Waals surface area (Å²) < 4.78 is 43.5. The molecule has 30 heavy (non-hydrogen) atoms. The molecule has 1 aromatic carbocycles. The third kappa shape index (κ3) is 5.30. The fourth-order valence-electron chi connectivity index (χ4n) is 4.38. The molecule has 0 amide bonds. The quantitative estimate of drug-likeness (QED) is 0.714. The van der Waals surface area contributed by atoms with Gasteiger partial charge in [-0.25, -0.2) is 0 Å². The van der Waals surface area contributed by atoms with Crippen LogP contribution in [0.15, 0.2) is 48.8 Å². The van der Waals surface area contributed by atoms with Gasteiger partial charge in [0.25, 0.3) is 0 Å². The Morgan fingerprint density at radius 2 is 1.97 bits per heavy atom. The van der Waals surface area contributed by atoms with E-state index in [-0.39, 0.29) is 6.04 Å². The highest BCUT2D eigenvalue weighted by Crippen LogP contribution is 2.30. The number of likely N-dealkylation sites (tertiary alicyclic amines) is 1. The van der Waals surface area contributed by atoms with Gasteiger partial charge in [0.05, 0.1) is 12.2 Å². The van der Waals surface area contributed by atoms with Gasteiger partial charge in [-0.1, -0.05) is 6.07 Å². The van der Waals surface area contributed by atoms with E-state index in [0.717, 1.165) is 38.1 Å². The van der Waals surface area contributed by atoms with E-state index in [4.69, 9.17) is 4.74 Å². The normalized spacial score (nSPS) is 25.0. The minimum atomic E-state index is -4.32. The Labute approximate surface area is 174 Å². The van der Waals surface area contributed by atoms with Gasteiger partial charge in [-0.15, -0.1) is 0 Å². The minimum absolute atomic E-state index is 0.283. The van der Waals surface area contributed by atoms with Crippen molar-refractivity contribution in [3.05, 3.63) is 59.9 Å². The monoisotopic (exact) mass is 420 g/mol. The molecule has 0 aliphatic carbocycles. The predicted octanol–water partition coefficient (Wildman–Crippen LogP) is 3.77. The number of hydrogen-bond donors (Lipinski definition) is 2. The van der Waals surface area contributed by atoms with E-state index in [0.29, 0.717) is 24.4 Å². The van der Waals surface area contributed by atoms with Crippen LogP contribution in [0.25, 0.3) is 0 Å². The van der Waals surface area contributed by atoms with Gasteiger partial charge in [-0.2, -0.15) is 13.2 Å². The Morgan fingerprint density at radius 3 is 2.70 bits per heavy atom. The van der Waals surface area contributed by atoms with Crippen LogP contribution in [0.3, 0.4) is 0 Å². The molecule has 0 spiro atoms. The molecule has 2 fully saturated rings. The summed E-state index contributed by atoms with van der Waals surface area (Å²) >= 11 is 0. The summed E-state index contributed by atoms with van der Waals surface area (Å²) in [5.41, 5.74) is 7.39. The van der Waals surface area contributed by atoms with Gasteiger partial charge < -0.3 is 4.74 Å². The molecule has 3 atom stereocenters. The first kappa shape index (κ1) is 21.1. The number of hydrogen-bond acceptors (Lipinski definition) is 5. The molecule has 3 heterocycles. The zero-order valence-corrected chi connectivity index (χ0v) is 16.7. The molecule has 0 radical (unpaired) electrons. The maximum absolute atomic E-state index is 12.6. The van der Waals surface area contributed by atoms with E-state index in [1.807, 2.05) is 12.3 Å². The van der Waals surface area contributed by atoms with Crippen LogP contribution in [-0.4, -0.2) is 41.2 Å². The third-order valence-corrected chi connectivity index (χ3v) is 5.92. The molecule has 5 nitrogen and oxygen atoms in total. The molecule has 2 aliphatic rings. The van der Waals surface area contributed by atoms with Crippen LogP contribution in [0.4, 0.5) is 13.2 Å². The number of pyridine rings is 1. The Hall–Kier alpha value is -2.16. The van der Waals surface area contributed by atoms with Crippen LogP contribution in [0.5, 0.6) is 5.75 Å². The maximum atomic E-state index is 12.6. The van der Waals surface area contributed by atoms with Crippen LogP contribution in [0, 0.1) is 0 Å². The van der Waals surface area contributed by atoms with Crippen molar-refractivity contribution in [3.8, 4) is 5.75 Å². The number of rotatable bonds is 7. The molecule has 3 unspecified atom stereocenters. The number of nitrogens with zero attached hydrogens (tertiary/aromatic N) is 2. The van der Waals surface area contributed by atoms with E-state index < -0.39 is 11.7 Å². The van der Waals surface area contributed by atoms with Crippen LogP contribution < -0.4 is 15.6 Å². The van der Waals surface area contributed by atoms with Crippen LogP contribution >= 0.6 is 0 Å². The summed E-state index contributed by atoms with van der Waals surface area (Å²) in [6.07, 6.45) is 3.57. The lowest BCUT2D eigenvalue weighted by atomic mass is 9.99. The molecule has 2 aromatic rings. The molecule has 8 heteroatoms. The zero-order valence-electron chi connectivity index (χ0n) is 16.7. The number of ether oxygens (including phenoxy) is 1. The van der Waals surface area contributed by atoms with Crippen molar-refractivity contribution in [1.82, 2.24) is 20.7 Å². The number of hydrazine groups is 1. The second-order valence-corrected chi connectivity index (χ2v) is 8.03. The van der Waals surface area contributed by atoms with E-state index in [2.05, 4.69) is 26.8 Å². The van der Waals surface area contributed by atoms with Crippen molar-refractivity contribution in [2.24, 2.45) is 0 Å². The molecule has 2 aliphatic heterocycles. The largest absolute Gasteiger partial charge is 0.494 e. The lowest BCUT2D eigenvalue weighted by Crippen LogP contribution is -2.45. The summed E-state index contributed by atoms with van der Waals surface area (Å²) in [7, 11) is 0. The minimum Gasteiger partial charge on any atom is -0.494 e. The van der Waals surface area contributed by atoms with Gasteiger partial charge in [-0.3, -0.25) is 20.7 Å². The average molecular weight is 420 g/mol. The molecular formula is C22H27F3N4O. The molecular weight excluding hydrogens is 393 g/mol. The van der Waals surface area contributed by atoms with Gasteiger partial charge in [-0.05, 0) is 68.1 Å². The van der Waals surface area contributed by atoms with Gasteiger partial charge in [0.2, 0.25) is 0 Å². The first-order chi connectivity index (χ1) is 14.5. The van der Waals surface area contributed by atoms with Crippen LogP contribution in [0.2, 0.25) is 0 Å². The summed E-state index contributed by atoms with van der Waals surface area (Å²) in [4.78, 5) is 6.74. The molecule has 162 valence electrons. The highest BCUT2D eigenvalue weighted by molar-refractivity contribution is 5.28.